The highest BCUT2D eigenvalue weighted by Gasteiger charge is 2.20. The summed E-state index contributed by atoms with van der Waals surface area (Å²) >= 11 is 0. The zero-order valence-electron chi connectivity index (χ0n) is 13.1. The van der Waals surface area contributed by atoms with Crippen LogP contribution >= 0.6 is 0 Å². The molecule has 2 rings (SSSR count). The summed E-state index contributed by atoms with van der Waals surface area (Å²) < 4.78 is 0. The zero-order valence-corrected chi connectivity index (χ0v) is 13.1. The van der Waals surface area contributed by atoms with Crippen molar-refractivity contribution >= 4 is 0 Å². The number of nitrogens with one attached hydrogen (secondary N) is 1. The van der Waals surface area contributed by atoms with Gasteiger partial charge in [0.15, 0.2) is 0 Å². The van der Waals surface area contributed by atoms with Crippen molar-refractivity contribution in [1.82, 2.24) is 5.32 Å². The molecule has 0 heterocycles. The fraction of sp³-hybridized carbons (Fsp3) is 0.667. The molecule has 0 spiro atoms. The van der Waals surface area contributed by atoms with Crippen LogP contribution < -0.4 is 5.32 Å². The van der Waals surface area contributed by atoms with E-state index in [0.717, 1.165) is 5.92 Å². The summed E-state index contributed by atoms with van der Waals surface area (Å²) in [6, 6.07) is 5.27. The van der Waals surface area contributed by atoms with Crippen LogP contribution in [0.5, 0.6) is 0 Å². The molecule has 1 nitrogen and oxygen atoms in total. The molecule has 0 bridgehead atoms. The van der Waals surface area contributed by atoms with E-state index in [-0.39, 0.29) is 0 Å². The van der Waals surface area contributed by atoms with Gasteiger partial charge in [0, 0.05) is 6.04 Å². The van der Waals surface area contributed by atoms with Gasteiger partial charge in [-0.15, -0.1) is 0 Å². The number of rotatable bonds is 4. The maximum atomic E-state index is 3.55. The van der Waals surface area contributed by atoms with Crippen molar-refractivity contribution in [2.75, 3.05) is 7.05 Å². The first-order valence-electron chi connectivity index (χ1n) is 7.87. The predicted octanol–water partition coefficient (Wildman–Crippen LogP) is 4.84. The van der Waals surface area contributed by atoms with Crippen molar-refractivity contribution in [3.63, 3.8) is 0 Å². The fourth-order valence-electron chi connectivity index (χ4n) is 3.51. The van der Waals surface area contributed by atoms with Crippen LogP contribution in [0.25, 0.3) is 0 Å². The van der Waals surface area contributed by atoms with Crippen molar-refractivity contribution in [1.29, 1.82) is 0 Å². The summed E-state index contributed by atoms with van der Waals surface area (Å²) in [5.74, 6) is 0.923. The summed E-state index contributed by atoms with van der Waals surface area (Å²) in [4.78, 5) is 0. The van der Waals surface area contributed by atoms with E-state index in [4.69, 9.17) is 0 Å². The van der Waals surface area contributed by atoms with E-state index < -0.39 is 0 Å². The van der Waals surface area contributed by atoms with Gasteiger partial charge in [-0.2, -0.15) is 0 Å². The van der Waals surface area contributed by atoms with Gasteiger partial charge in [0.1, 0.15) is 0 Å². The van der Waals surface area contributed by atoms with Gasteiger partial charge in [0.25, 0.3) is 0 Å². The Hall–Kier alpha value is -0.820. The van der Waals surface area contributed by atoms with Crippen LogP contribution in [0, 0.1) is 26.7 Å². The Labute approximate surface area is 118 Å². The van der Waals surface area contributed by atoms with Gasteiger partial charge in [0.05, 0.1) is 0 Å². The largest absolute Gasteiger partial charge is 0.313 e. The summed E-state index contributed by atoms with van der Waals surface area (Å²) in [5, 5.41) is 3.55. The summed E-state index contributed by atoms with van der Waals surface area (Å²) in [7, 11) is 2.11. The average Bonchev–Trinajstić information content (AvgIpc) is 2.42. The highest BCUT2D eigenvalue weighted by molar-refractivity contribution is 5.38. The van der Waals surface area contributed by atoms with E-state index in [9.17, 15) is 0 Å². The number of hydrogen-bond donors (Lipinski definition) is 1. The van der Waals surface area contributed by atoms with E-state index >= 15 is 0 Å². The maximum Gasteiger partial charge on any atom is 0.0322 e. The van der Waals surface area contributed by atoms with E-state index in [1.165, 1.54) is 60.8 Å². The summed E-state index contributed by atoms with van der Waals surface area (Å²) in [5.41, 5.74) is 5.78. The van der Waals surface area contributed by atoms with Crippen molar-refractivity contribution < 1.29 is 0 Å². The highest BCUT2D eigenvalue weighted by Crippen LogP contribution is 2.33. The molecule has 1 atom stereocenters. The Morgan fingerprint density at radius 3 is 2.26 bits per heavy atom. The van der Waals surface area contributed by atoms with Gasteiger partial charge in [0.2, 0.25) is 0 Å². The second-order valence-electron chi connectivity index (χ2n) is 6.37. The second kappa shape index (κ2) is 6.56. The topological polar surface area (TPSA) is 12.0 Å². The maximum absolute atomic E-state index is 3.55. The lowest BCUT2D eigenvalue weighted by Crippen LogP contribution is -2.22. The number of hydrogen-bond acceptors (Lipinski definition) is 1. The van der Waals surface area contributed by atoms with E-state index in [2.05, 4.69) is 45.3 Å². The van der Waals surface area contributed by atoms with Crippen LogP contribution in [0.1, 0.15) is 66.8 Å². The van der Waals surface area contributed by atoms with E-state index in [1.807, 2.05) is 0 Å². The lowest BCUT2D eigenvalue weighted by molar-refractivity contribution is 0.305. The fourth-order valence-corrected chi connectivity index (χ4v) is 3.51. The molecule has 1 aromatic carbocycles. The minimum atomic E-state index is 0.530. The number of benzene rings is 1. The first-order valence-corrected chi connectivity index (χ1v) is 7.87. The number of aryl methyl sites for hydroxylation is 3. The molecule has 106 valence electrons. The average molecular weight is 259 g/mol. The SMILES string of the molecule is CNC(CC1CCCCC1)c1cc(C)c(C)cc1C. The minimum absolute atomic E-state index is 0.530. The van der Waals surface area contributed by atoms with Crippen molar-refractivity contribution in [3.8, 4) is 0 Å². The third kappa shape index (κ3) is 3.60. The third-order valence-electron chi connectivity index (χ3n) is 4.90. The molecule has 1 aliphatic carbocycles. The molecular formula is C18H29N. The molecular weight excluding hydrogens is 230 g/mol. The lowest BCUT2D eigenvalue weighted by Gasteiger charge is -2.28. The first kappa shape index (κ1) is 14.6. The predicted molar refractivity (Wildman–Crippen MR) is 83.6 cm³/mol. The molecule has 1 N–H and O–H groups in total. The first-order chi connectivity index (χ1) is 9.11. The van der Waals surface area contributed by atoms with Gasteiger partial charge in [-0.3, -0.25) is 0 Å². The minimum Gasteiger partial charge on any atom is -0.313 e. The monoisotopic (exact) mass is 259 g/mol. The molecule has 0 saturated heterocycles. The summed E-state index contributed by atoms with van der Waals surface area (Å²) in [6.45, 7) is 6.69. The molecule has 1 aromatic rings. The third-order valence-corrected chi connectivity index (χ3v) is 4.90. The van der Waals surface area contributed by atoms with Crippen LogP contribution in [-0.2, 0) is 0 Å². The van der Waals surface area contributed by atoms with Crippen molar-refractivity contribution in [2.24, 2.45) is 5.92 Å². The zero-order chi connectivity index (χ0) is 13.8. The van der Waals surface area contributed by atoms with Crippen LogP contribution in [0.2, 0.25) is 0 Å². The molecule has 1 aliphatic rings. The Balaban J connectivity index is 2.14. The van der Waals surface area contributed by atoms with E-state index in [1.54, 1.807) is 0 Å². The Kier molecular flexibility index (Phi) is 5.04. The standard InChI is InChI=1S/C18H29N/c1-13-10-15(3)17(11-14(13)2)18(19-4)12-16-8-6-5-7-9-16/h10-11,16,18-19H,5-9,12H2,1-4H3. The molecule has 1 unspecified atom stereocenters. The Morgan fingerprint density at radius 2 is 1.63 bits per heavy atom. The lowest BCUT2D eigenvalue weighted by atomic mass is 9.82. The quantitative estimate of drug-likeness (QED) is 0.815. The van der Waals surface area contributed by atoms with Gasteiger partial charge in [-0.1, -0.05) is 44.2 Å². The van der Waals surface area contributed by atoms with Crippen LogP contribution in [0.3, 0.4) is 0 Å². The molecule has 1 fully saturated rings. The van der Waals surface area contributed by atoms with Crippen LogP contribution in [0.4, 0.5) is 0 Å². The normalized spacial score (nSPS) is 18.5. The molecule has 0 radical (unpaired) electrons. The molecule has 0 amide bonds. The Bertz CT molecular complexity index is 416. The molecule has 1 saturated carbocycles. The molecule has 1 heteroatoms. The van der Waals surface area contributed by atoms with Gasteiger partial charge < -0.3 is 5.32 Å². The van der Waals surface area contributed by atoms with Crippen molar-refractivity contribution in [2.45, 2.75) is 65.3 Å². The van der Waals surface area contributed by atoms with Gasteiger partial charge in [-0.05, 0) is 62.4 Å². The second-order valence-corrected chi connectivity index (χ2v) is 6.37. The smallest absolute Gasteiger partial charge is 0.0322 e. The molecule has 0 aliphatic heterocycles. The molecule has 19 heavy (non-hydrogen) atoms. The molecule has 0 aromatic heterocycles. The van der Waals surface area contributed by atoms with Gasteiger partial charge >= 0.3 is 0 Å². The van der Waals surface area contributed by atoms with Gasteiger partial charge in [-0.25, -0.2) is 0 Å². The summed E-state index contributed by atoms with van der Waals surface area (Å²) in [6.07, 6.45) is 8.49. The highest BCUT2D eigenvalue weighted by atomic mass is 14.9. The Morgan fingerprint density at radius 1 is 1.00 bits per heavy atom. The van der Waals surface area contributed by atoms with Crippen LogP contribution in [0.15, 0.2) is 12.1 Å². The van der Waals surface area contributed by atoms with E-state index in [0.29, 0.717) is 6.04 Å². The van der Waals surface area contributed by atoms with Crippen molar-refractivity contribution in [3.05, 3.63) is 34.4 Å². The van der Waals surface area contributed by atoms with Crippen LogP contribution in [-0.4, -0.2) is 7.05 Å².